The molecule has 1 nitrogen and oxygen atoms in total. The Kier molecular flexibility index (Phi) is 2.46. The topological polar surface area (TPSA) is 3.01 Å². The Morgan fingerprint density at radius 1 is 1.60 bits per heavy atom. The van der Waals surface area contributed by atoms with E-state index in [4.69, 9.17) is 0 Å². The molecule has 0 unspecified atom stereocenters. The third-order valence-electron chi connectivity index (χ3n) is 0.195. The Hall–Kier alpha value is 0.150. The normalized spacial score (nSPS) is 7.00. The fourth-order valence-electron chi connectivity index (χ4n) is 0. The van der Waals surface area contributed by atoms with Gasteiger partial charge >= 0.3 is 0 Å². The monoisotopic (exact) mass is 136 g/mol. The van der Waals surface area contributed by atoms with E-state index in [0.29, 0.717) is 0 Å². The molecule has 0 aromatic heterocycles. The summed E-state index contributed by atoms with van der Waals surface area (Å²) in [5.74, 6) is 0. The molecule has 0 heterocycles. The number of hydrogen-bond acceptors (Lipinski definition) is 0. The predicted molar refractivity (Wildman–Crippen MR) is 27.1 cm³/mol. The highest BCUT2D eigenvalue weighted by Gasteiger charge is 1.66. The smallest absolute Gasteiger partial charge is 0.205 e. The van der Waals surface area contributed by atoms with E-state index in [9.17, 15) is 0 Å². The Balaban J connectivity index is 3.14. The van der Waals surface area contributed by atoms with Crippen molar-refractivity contribution in [3.63, 3.8) is 0 Å². The average Bonchev–Trinajstić information content (AvgIpc) is 1.38. The lowest BCUT2D eigenvalue weighted by Crippen LogP contribution is -1.91. The fraction of sp³-hybridized carbons (Fsp3) is 0.667. The van der Waals surface area contributed by atoms with Gasteiger partial charge in [0, 0.05) is 15.9 Å². The SMILES string of the molecule is C[N+](C)=CBr. The lowest BCUT2D eigenvalue weighted by atomic mass is 11.1. The molecule has 0 bridgehead atoms. The van der Waals surface area contributed by atoms with Gasteiger partial charge in [0.2, 0.25) is 5.12 Å². The lowest BCUT2D eigenvalue weighted by molar-refractivity contribution is -0.456. The van der Waals surface area contributed by atoms with E-state index >= 15 is 0 Å². The van der Waals surface area contributed by atoms with Crippen LogP contribution in [0.2, 0.25) is 0 Å². The lowest BCUT2D eigenvalue weighted by Gasteiger charge is -1.70. The number of nitrogens with zero attached hydrogens (tertiary/aromatic N) is 1. The number of rotatable bonds is 0. The summed E-state index contributed by atoms with van der Waals surface area (Å²) in [6.07, 6.45) is 0. The van der Waals surface area contributed by atoms with Gasteiger partial charge in [0.05, 0.1) is 0 Å². The molecule has 0 saturated heterocycles. The summed E-state index contributed by atoms with van der Waals surface area (Å²) in [4.78, 5) is 0. The summed E-state index contributed by atoms with van der Waals surface area (Å²) < 4.78 is 1.92. The Bertz CT molecular complexity index is 44.9. The first-order chi connectivity index (χ1) is 2.27. The average molecular weight is 137 g/mol. The molecule has 0 atom stereocenters. The van der Waals surface area contributed by atoms with Gasteiger partial charge in [-0.1, -0.05) is 0 Å². The Morgan fingerprint density at radius 3 is 1.80 bits per heavy atom. The maximum absolute atomic E-state index is 3.11. The van der Waals surface area contributed by atoms with Crippen molar-refractivity contribution in [3.8, 4) is 0 Å². The van der Waals surface area contributed by atoms with Gasteiger partial charge in [-0.25, -0.2) is 4.58 Å². The number of hydrogen-bond donors (Lipinski definition) is 0. The highest BCUT2D eigenvalue weighted by molar-refractivity contribution is 9.17. The van der Waals surface area contributed by atoms with Crippen molar-refractivity contribution in [2.75, 3.05) is 14.1 Å². The van der Waals surface area contributed by atoms with Crippen molar-refractivity contribution in [1.82, 2.24) is 0 Å². The zero-order valence-electron chi connectivity index (χ0n) is 3.40. The largest absolute Gasteiger partial charge is 0.236 e. The van der Waals surface area contributed by atoms with Crippen molar-refractivity contribution in [3.05, 3.63) is 0 Å². The quantitative estimate of drug-likeness (QED) is 0.341. The molecule has 2 heteroatoms. The molecule has 0 aromatic carbocycles. The predicted octanol–water partition coefficient (Wildman–Crippen LogP) is 0.682. The minimum absolute atomic E-state index is 1.81. The Morgan fingerprint density at radius 2 is 1.80 bits per heavy atom. The molecule has 0 N–H and O–H groups in total. The summed E-state index contributed by atoms with van der Waals surface area (Å²) in [6.45, 7) is 0. The van der Waals surface area contributed by atoms with Crippen molar-refractivity contribution < 1.29 is 4.58 Å². The van der Waals surface area contributed by atoms with Crippen LogP contribution >= 0.6 is 15.9 Å². The first-order valence-corrected chi connectivity index (χ1v) is 2.29. The fourth-order valence-corrected chi connectivity index (χ4v) is 0. The molecule has 0 aromatic rings. The van der Waals surface area contributed by atoms with Gasteiger partial charge in [0.25, 0.3) is 0 Å². The van der Waals surface area contributed by atoms with Crippen LogP contribution in [-0.4, -0.2) is 23.8 Å². The van der Waals surface area contributed by atoms with Gasteiger partial charge in [-0.15, -0.1) is 0 Å². The second kappa shape index (κ2) is 2.39. The van der Waals surface area contributed by atoms with Gasteiger partial charge in [-0.2, -0.15) is 0 Å². The van der Waals surface area contributed by atoms with Crippen LogP contribution in [0.15, 0.2) is 0 Å². The second-order valence-electron chi connectivity index (χ2n) is 1.06. The van der Waals surface area contributed by atoms with Crippen molar-refractivity contribution in [2.24, 2.45) is 0 Å². The van der Waals surface area contributed by atoms with Crippen molar-refractivity contribution >= 4 is 21.1 Å². The molecule has 30 valence electrons. The molecule has 0 aliphatic carbocycles. The van der Waals surface area contributed by atoms with Crippen LogP contribution in [0.1, 0.15) is 0 Å². The molecule has 0 fully saturated rings. The molecular weight excluding hydrogens is 130 g/mol. The van der Waals surface area contributed by atoms with Crippen molar-refractivity contribution in [1.29, 1.82) is 0 Å². The van der Waals surface area contributed by atoms with E-state index in [0.717, 1.165) is 0 Å². The van der Waals surface area contributed by atoms with E-state index in [-0.39, 0.29) is 0 Å². The Labute approximate surface area is 40.4 Å². The summed E-state index contributed by atoms with van der Waals surface area (Å²) in [5.41, 5.74) is 0. The summed E-state index contributed by atoms with van der Waals surface area (Å²) >= 11 is 3.11. The van der Waals surface area contributed by atoms with E-state index in [1.165, 1.54) is 0 Å². The van der Waals surface area contributed by atoms with Crippen molar-refractivity contribution in [2.45, 2.75) is 0 Å². The van der Waals surface area contributed by atoms with Crippen LogP contribution in [0, 0.1) is 0 Å². The van der Waals surface area contributed by atoms with Crippen LogP contribution in [0.4, 0.5) is 0 Å². The van der Waals surface area contributed by atoms with Crippen LogP contribution in [0.25, 0.3) is 0 Å². The third kappa shape index (κ3) is 4.15. The summed E-state index contributed by atoms with van der Waals surface area (Å²) in [7, 11) is 3.91. The van der Waals surface area contributed by atoms with Crippen LogP contribution in [0.5, 0.6) is 0 Å². The van der Waals surface area contributed by atoms with Gasteiger partial charge in [0.1, 0.15) is 14.1 Å². The molecule has 0 aliphatic heterocycles. The van der Waals surface area contributed by atoms with E-state index in [2.05, 4.69) is 15.9 Å². The minimum Gasteiger partial charge on any atom is -0.236 e. The first kappa shape index (κ1) is 5.15. The standard InChI is InChI=1S/C3H7BrN/c1-5(2)3-4/h3H,1-2H3/q+1. The van der Waals surface area contributed by atoms with E-state index < -0.39 is 0 Å². The second-order valence-corrected chi connectivity index (χ2v) is 1.47. The molecule has 5 heavy (non-hydrogen) atoms. The minimum atomic E-state index is 1.81. The van der Waals surface area contributed by atoms with Crippen LogP contribution in [-0.2, 0) is 0 Å². The summed E-state index contributed by atoms with van der Waals surface area (Å²) in [6, 6.07) is 0. The molecular formula is C3H7BrN+. The highest BCUT2D eigenvalue weighted by atomic mass is 79.9. The molecule has 0 radical (unpaired) electrons. The third-order valence-corrected chi connectivity index (χ3v) is 1.01. The van der Waals surface area contributed by atoms with Gasteiger partial charge in [0.15, 0.2) is 0 Å². The maximum Gasteiger partial charge on any atom is 0.205 e. The molecule has 0 amide bonds. The molecule has 0 saturated carbocycles. The summed E-state index contributed by atoms with van der Waals surface area (Å²) in [5, 5.41) is 1.81. The van der Waals surface area contributed by atoms with Crippen LogP contribution in [0.3, 0.4) is 0 Å². The van der Waals surface area contributed by atoms with E-state index in [1.807, 2.05) is 23.8 Å². The van der Waals surface area contributed by atoms with E-state index in [1.54, 1.807) is 0 Å². The molecule has 0 rings (SSSR count). The van der Waals surface area contributed by atoms with Gasteiger partial charge in [-0.3, -0.25) is 0 Å². The zero-order valence-corrected chi connectivity index (χ0v) is 4.99. The highest BCUT2D eigenvalue weighted by Crippen LogP contribution is 1.61. The zero-order chi connectivity index (χ0) is 4.28. The van der Waals surface area contributed by atoms with Gasteiger partial charge in [-0.05, 0) is 0 Å². The van der Waals surface area contributed by atoms with Gasteiger partial charge < -0.3 is 0 Å². The van der Waals surface area contributed by atoms with Crippen LogP contribution < -0.4 is 0 Å². The molecule has 0 aliphatic rings. The first-order valence-electron chi connectivity index (χ1n) is 1.37. The maximum atomic E-state index is 3.11. The molecule has 0 spiro atoms. The number of halogens is 1.